The van der Waals surface area contributed by atoms with E-state index in [0.29, 0.717) is 6.61 Å². The van der Waals surface area contributed by atoms with E-state index in [1.165, 1.54) is 22.0 Å². The standard InChI is InChI=1S/C18H23N3O2.2ClH/c1-4-23-18(22)21-17-8-7-15(10-16(17)19)20-11-14-6-5-12(2)9-13(14)3;;/h5-10,20H,4,11,19H2,1-3H3,(H,21,22);2*1H. The van der Waals surface area contributed by atoms with Gasteiger partial charge in [-0.2, -0.15) is 4.79 Å². The first kappa shape index (κ1) is 23.2. The minimum Gasteiger partial charge on any atom is -1.00 e. The molecule has 6 N–H and O–H groups in total. The molecule has 25 heavy (non-hydrogen) atoms. The van der Waals surface area contributed by atoms with Crippen molar-refractivity contribution in [3.05, 3.63) is 53.1 Å². The molecule has 2 rings (SSSR count). The van der Waals surface area contributed by atoms with Crippen LogP contribution in [0.5, 0.6) is 0 Å². The number of nitrogens with two attached hydrogens (primary N) is 1. The third-order valence-electron chi connectivity index (χ3n) is 3.68. The first-order chi connectivity index (χ1) is 11.0. The van der Waals surface area contributed by atoms with Crippen molar-refractivity contribution in [3.63, 3.8) is 0 Å². The van der Waals surface area contributed by atoms with Gasteiger partial charge in [-0.25, -0.2) is 5.32 Å². The SMILES string of the molecule is CCOC(=O)[NH2+]c1ccc(NCc2ccc(C)cc2C)cc1[NH3+].[Cl-].[Cl-]. The van der Waals surface area contributed by atoms with Crippen LogP contribution in [0.3, 0.4) is 0 Å². The van der Waals surface area contributed by atoms with Crippen molar-refractivity contribution < 1.29 is 45.4 Å². The molecule has 0 aromatic heterocycles. The number of halogens is 2. The Balaban J connectivity index is 0.00000288. The Morgan fingerprint density at radius 3 is 2.48 bits per heavy atom. The minimum absolute atomic E-state index is 0. The summed E-state index contributed by atoms with van der Waals surface area (Å²) in [7, 11) is 0. The molecule has 2 aromatic carbocycles. The van der Waals surface area contributed by atoms with E-state index < -0.39 is 0 Å². The normalized spacial score (nSPS) is 9.60. The Morgan fingerprint density at radius 1 is 1.16 bits per heavy atom. The van der Waals surface area contributed by atoms with Crippen LogP contribution in [0.1, 0.15) is 23.6 Å². The van der Waals surface area contributed by atoms with Crippen LogP contribution in [0.4, 0.5) is 21.9 Å². The third-order valence-corrected chi connectivity index (χ3v) is 3.68. The average molecular weight is 386 g/mol. The summed E-state index contributed by atoms with van der Waals surface area (Å²) in [5.74, 6) is 0. The molecule has 5 nitrogen and oxygen atoms in total. The monoisotopic (exact) mass is 385 g/mol. The molecule has 0 saturated heterocycles. The summed E-state index contributed by atoms with van der Waals surface area (Å²) in [4.78, 5) is 11.5. The fraction of sp³-hybridized carbons (Fsp3) is 0.278. The van der Waals surface area contributed by atoms with Crippen LogP contribution in [0, 0.1) is 13.8 Å². The van der Waals surface area contributed by atoms with Crippen molar-refractivity contribution in [1.29, 1.82) is 0 Å². The smallest absolute Gasteiger partial charge is 0.518 e. The zero-order valence-corrected chi connectivity index (χ0v) is 16.2. The van der Waals surface area contributed by atoms with Crippen molar-refractivity contribution >= 4 is 23.2 Å². The van der Waals surface area contributed by atoms with Crippen LogP contribution in [0.25, 0.3) is 0 Å². The maximum Gasteiger partial charge on any atom is 0.518 e. The lowest BCUT2D eigenvalue weighted by molar-refractivity contribution is -0.487. The van der Waals surface area contributed by atoms with E-state index in [2.05, 4.69) is 43.1 Å². The number of hydrogen-bond donors (Lipinski definition) is 3. The van der Waals surface area contributed by atoms with Gasteiger partial charge in [0.1, 0.15) is 0 Å². The molecule has 0 atom stereocenters. The Bertz CT molecular complexity index is 709. The van der Waals surface area contributed by atoms with E-state index >= 15 is 0 Å². The number of nitrogens with one attached hydrogen (secondary N) is 1. The lowest BCUT2D eigenvalue weighted by Gasteiger charge is -2.10. The molecule has 0 unspecified atom stereocenters. The zero-order valence-electron chi connectivity index (χ0n) is 14.7. The second kappa shape index (κ2) is 10.9. The van der Waals surface area contributed by atoms with Crippen LogP contribution in [0.2, 0.25) is 0 Å². The van der Waals surface area contributed by atoms with Crippen LogP contribution in [0.15, 0.2) is 36.4 Å². The zero-order chi connectivity index (χ0) is 16.8. The van der Waals surface area contributed by atoms with Crippen molar-refractivity contribution in [2.45, 2.75) is 27.3 Å². The molecule has 2 aromatic rings. The molecule has 0 radical (unpaired) electrons. The molecule has 0 fully saturated rings. The summed E-state index contributed by atoms with van der Waals surface area (Å²) in [5.41, 5.74) is 10.4. The van der Waals surface area contributed by atoms with Crippen molar-refractivity contribution in [3.8, 4) is 0 Å². The van der Waals surface area contributed by atoms with E-state index in [0.717, 1.165) is 23.6 Å². The maximum atomic E-state index is 11.5. The highest BCUT2D eigenvalue weighted by Gasteiger charge is 2.14. The highest BCUT2D eigenvalue weighted by Crippen LogP contribution is 2.19. The van der Waals surface area contributed by atoms with Gasteiger partial charge in [-0.05, 0) is 38.0 Å². The van der Waals surface area contributed by atoms with E-state index in [4.69, 9.17) is 4.74 Å². The van der Waals surface area contributed by atoms with Crippen LogP contribution in [-0.4, -0.2) is 12.7 Å². The first-order valence-electron chi connectivity index (χ1n) is 7.77. The number of carbonyl (C=O) groups excluding carboxylic acids is 1. The molecule has 0 aliphatic rings. The largest absolute Gasteiger partial charge is 1.00 e. The Morgan fingerprint density at radius 2 is 1.88 bits per heavy atom. The number of ether oxygens (including phenoxy) is 1. The number of quaternary nitrogens is 2. The van der Waals surface area contributed by atoms with E-state index in [1.54, 1.807) is 6.92 Å². The number of carbonyl (C=O) groups is 1. The Kier molecular flexibility index (Phi) is 10.2. The molecular weight excluding hydrogens is 361 g/mol. The quantitative estimate of drug-likeness (QED) is 0.461. The fourth-order valence-corrected chi connectivity index (χ4v) is 2.41. The highest BCUT2D eigenvalue weighted by molar-refractivity contribution is 5.66. The lowest BCUT2D eigenvalue weighted by Crippen LogP contribution is -3.00. The van der Waals surface area contributed by atoms with Crippen molar-refractivity contribution in [2.24, 2.45) is 0 Å². The van der Waals surface area contributed by atoms with Gasteiger partial charge in [-0.15, -0.1) is 0 Å². The number of rotatable bonds is 5. The van der Waals surface area contributed by atoms with Crippen molar-refractivity contribution in [2.75, 3.05) is 11.9 Å². The summed E-state index contributed by atoms with van der Waals surface area (Å²) in [5, 5.41) is 4.87. The molecule has 1 amide bonds. The second-order valence-electron chi connectivity index (χ2n) is 5.59. The molecular formula is C18H25Cl2N3O2. The van der Waals surface area contributed by atoms with E-state index in [-0.39, 0.29) is 30.9 Å². The average Bonchev–Trinajstić information content (AvgIpc) is 2.49. The molecule has 7 heteroatoms. The molecule has 0 aliphatic carbocycles. The van der Waals surface area contributed by atoms with Gasteiger partial charge in [-0.3, -0.25) is 0 Å². The number of aryl methyl sites for hydroxylation is 2. The molecule has 0 aliphatic heterocycles. The molecule has 0 saturated carbocycles. The number of benzene rings is 2. The maximum absolute atomic E-state index is 11.5. The van der Waals surface area contributed by atoms with Gasteiger partial charge in [0, 0.05) is 24.4 Å². The number of amides is 1. The number of anilines is 1. The summed E-state index contributed by atoms with van der Waals surface area (Å²) in [6.45, 7) is 7.13. The summed E-state index contributed by atoms with van der Waals surface area (Å²) >= 11 is 0. The van der Waals surface area contributed by atoms with Gasteiger partial charge >= 0.3 is 6.09 Å². The molecule has 138 valence electrons. The Hall–Kier alpha value is -1.79. The van der Waals surface area contributed by atoms with E-state index in [9.17, 15) is 4.79 Å². The number of hydrogen-bond acceptors (Lipinski definition) is 3. The van der Waals surface area contributed by atoms with Gasteiger partial charge in [0.15, 0.2) is 5.69 Å². The van der Waals surface area contributed by atoms with Crippen LogP contribution in [-0.2, 0) is 11.3 Å². The van der Waals surface area contributed by atoms with Gasteiger partial charge in [0.2, 0.25) is 5.69 Å². The van der Waals surface area contributed by atoms with Crippen LogP contribution < -0.4 is 41.2 Å². The van der Waals surface area contributed by atoms with Gasteiger partial charge in [0.05, 0.1) is 6.61 Å². The first-order valence-corrected chi connectivity index (χ1v) is 7.77. The summed E-state index contributed by atoms with van der Waals surface area (Å²) < 4.78 is 4.92. The van der Waals surface area contributed by atoms with E-state index in [1.807, 2.05) is 18.2 Å². The van der Waals surface area contributed by atoms with Gasteiger partial charge in [-0.1, -0.05) is 23.8 Å². The Labute approximate surface area is 161 Å². The van der Waals surface area contributed by atoms with Crippen molar-refractivity contribution in [1.82, 2.24) is 0 Å². The topological polar surface area (TPSA) is 82.6 Å². The fourth-order valence-electron chi connectivity index (χ4n) is 2.41. The van der Waals surface area contributed by atoms with Crippen LogP contribution >= 0.6 is 0 Å². The summed E-state index contributed by atoms with van der Waals surface area (Å²) in [6, 6.07) is 12.2. The molecule has 0 bridgehead atoms. The number of primary amides is 1. The lowest BCUT2D eigenvalue weighted by atomic mass is 10.1. The molecule has 0 spiro atoms. The summed E-state index contributed by atoms with van der Waals surface area (Å²) in [6.07, 6.45) is -0.339. The molecule has 0 heterocycles. The predicted molar refractivity (Wildman–Crippen MR) is 90.8 cm³/mol. The third kappa shape index (κ3) is 6.92. The highest BCUT2D eigenvalue weighted by atomic mass is 35.5. The predicted octanol–water partition coefficient (Wildman–Crippen LogP) is -3.85. The minimum atomic E-state index is -0.339. The van der Waals surface area contributed by atoms with Gasteiger partial charge < -0.3 is 40.6 Å². The van der Waals surface area contributed by atoms with Gasteiger partial charge in [0.25, 0.3) is 0 Å². The second-order valence-corrected chi connectivity index (χ2v) is 5.59.